The predicted octanol–water partition coefficient (Wildman–Crippen LogP) is 11.0. The third kappa shape index (κ3) is 11.0. The number of fused-ring (bicyclic) bond motifs is 2. The summed E-state index contributed by atoms with van der Waals surface area (Å²) in [5, 5.41) is 4.65. The predicted molar refractivity (Wildman–Crippen MR) is 169 cm³/mol. The third-order valence-corrected chi connectivity index (χ3v) is 7.27. The Balaban J connectivity index is 0.000000216. The van der Waals surface area contributed by atoms with Gasteiger partial charge in [0, 0.05) is 10.0 Å². The lowest BCUT2D eigenvalue weighted by molar-refractivity contribution is 0.112. The van der Waals surface area contributed by atoms with Crippen LogP contribution in [0.5, 0.6) is 11.5 Å². The summed E-state index contributed by atoms with van der Waals surface area (Å²) in [6.07, 6.45) is 13.5. The maximum atomic E-state index is 10.7. The van der Waals surface area contributed by atoms with Crippen LogP contribution < -0.4 is 9.47 Å². The number of hydrogen-bond acceptors (Lipinski definition) is 3. The van der Waals surface area contributed by atoms with Crippen LogP contribution in [0.25, 0.3) is 21.5 Å². The molecule has 208 valence electrons. The average Bonchev–Trinajstić information content (AvgIpc) is 2.96. The quantitative estimate of drug-likeness (QED) is 0.102. The maximum Gasteiger partial charge on any atom is 0.150 e. The van der Waals surface area contributed by atoms with Crippen molar-refractivity contribution in [2.45, 2.75) is 78.1 Å². The SMILES string of the molecule is CCCCCCCOc1ccc2cc(Br)ccc2c1.CCCCCCCOc1ccc2cc(C=O)ccc2c1. The van der Waals surface area contributed by atoms with Gasteiger partial charge in [-0.05, 0) is 76.9 Å². The average molecular weight is 592 g/mol. The highest BCUT2D eigenvalue weighted by Crippen LogP contribution is 2.24. The number of ether oxygens (including phenoxy) is 2. The van der Waals surface area contributed by atoms with Crippen molar-refractivity contribution in [3.05, 3.63) is 82.8 Å². The van der Waals surface area contributed by atoms with Gasteiger partial charge < -0.3 is 9.47 Å². The van der Waals surface area contributed by atoms with Crippen LogP contribution in [0.1, 0.15) is 88.4 Å². The second-order valence-corrected chi connectivity index (χ2v) is 11.0. The highest BCUT2D eigenvalue weighted by Gasteiger charge is 2.00. The molecule has 4 rings (SSSR count). The molecule has 0 aliphatic heterocycles. The molecule has 0 spiro atoms. The fourth-order valence-corrected chi connectivity index (χ4v) is 4.86. The van der Waals surface area contributed by atoms with E-state index >= 15 is 0 Å². The van der Waals surface area contributed by atoms with Gasteiger partial charge in [0.2, 0.25) is 0 Å². The largest absolute Gasteiger partial charge is 0.494 e. The van der Waals surface area contributed by atoms with Gasteiger partial charge in [-0.3, -0.25) is 4.79 Å². The molecule has 0 atom stereocenters. The van der Waals surface area contributed by atoms with Gasteiger partial charge in [0.05, 0.1) is 13.2 Å². The first-order valence-electron chi connectivity index (χ1n) is 14.6. The summed E-state index contributed by atoms with van der Waals surface area (Å²) in [6.45, 7) is 6.07. The van der Waals surface area contributed by atoms with Crippen LogP contribution in [0.3, 0.4) is 0 Å². The summed E-state index contributed by atoms with van der Waals surface area (Å²) in [4.78, 5) is 10.7. The number of halogens is 1. The van der Waals surface area contributed by atoms with Crippen molar-refractivity contribution in [2.75, 3.05) is 13.2 Å². The zero-order valence-electron chi connectivity index (χ0n) is 23.6. The molecule has 0 aliphatic carbocycles. The van der Waals surface area contributed by atoms with E-state index < -0.39 is 0 Å². The molecule has 4 aromatic carbocycles. The zero-order valence-corrected chi connectivity index (χ0v) is 25.2. The Morgan fingerprint density at radius 1 is 0.564 bits per heavy atom. The molecule has 0 aliphatic rings. The number of hydrogen-bond donors (Lipinski definition) is 0. The first kappa shape index (κ1) is 30.7. The van der Waals surface area contributed by atoms with Crippen LogP contribution in [0.4, 0.5) is 0 Å². The molecule has 0 radical (unpaired) electrons. The van der Waals surface area contributed by atoms with Crippen molar-refractivity contribution in [3.63, 3.8) is 0 Å². The van der Waals surface area contributed by atoms with Crippen molar-refractivity contribution in [3.8, 4) is 11.5 Å². The van der Waals surface area contributed by atoms with Gasteiger partial charge in [-0.25, -0.2) is 0 Å². The molecule has 0 unspecified atom stereocenters. The monoisotopic (exact) mass is 590 g/mol. The van der Waals surface area contributed by atoms with Crippen LogP contribution in [0, 0.1) is 0 Å². The molecule has 0 aromatic heterocycles. The fourth-order valence-electron chi connectivity index (χ4n) is 4.48. The third-order valence-electron chi connectivity index (χ3n) is 6.78. The Morgan fingerprint density at radius 3 is 1.56 bits per heavy atom. The normalized spacial score (nSPS) is 10.7. The Labute approximate surface area is 243 Å². The number of rotatable bonds is 15. The van der Waals surface area contributed by atoms with E-state index in [4.69, 9.17) is 9.47 Å². The van der Waals surface area contributed by atoms with Gasteiger partial charge in [0.15, 0.2) is 0 Å². The first-order chi connectivity index (χ1) is 19.1. The molecule has 4 heteroatoms. The molecule has 0 saturated carbocycles. The van der Waals surface area contributed by atoms with E-state index in [1.165, 1.54) is 62.1 Å². The minimum Gasteiger partial charge on any atom is -0.494 e. The van der Waals surface area contributed by atoms with E-state index in [1.807, 2.05) is 36.4 Å². The highest BCUT2D eigenvalue weighted by atomic mass is 79.9. The first-order valence-corrected chi connectivity index (χ1v) is 15.4. The van der Waals surface area contributed by atoms with Crippen LogP contribution in [0.2, 0.25) is 0 Å². The summed E-state index contributed by atoms with van der Waals surface area (Å²) in [7, 11) is 0. The van der Waals surface area contributed by atoms with Crippen LogP contribution in [-0.4, -0.2) is 19.5 Å². The smallest absolute Gasteiger partial charge is 0.150 e. The standard InChI is InChI=1S/C18H22O2.C17H21BrO/c1-2-3-4-5-6-11-20-18-10-9-16-12-15(14-19)7-8-17(16)13-18;1-2-3-4-5-6-11-19-17-10-8-14-12-16(18)9-7-15(14)13-17/h7-10,12-14H,2-6,11H2,1H3;7-10,12-13H,2-6,11H2,1H3. The second kappa shape index (κ2) is 17.7. The van der Waals surface area contributed by atoms with Crippen LogP contribution >= 0.6 is 15.9 Å². The van der Waals surface area contributed by atoms with Crippen molar-refractivity contribution in [1.29, 1.82) is 0 Å². The summed E-state index contributed by atoms with van der Waals surface area (Å²) in [6, 6.07) is 24.3. The Hall–Kier alpha value is -2.85. The van der Waals surface area contributed by atoms with E-state index in [0.717, 1.165) is 59.1 Å². The number of benzene rings is 4. The van der Waals surface area contributed by atoms with E-state index in [1.54, 1.807) is 0 Å². The van der Waals surface area contributed by atoms with Crippen molar-refractivity contribution < 1.29 is 14.3 Å². The van der Waals surface area contributed by atoms with Gasteiger partial charge >= 0.3 is 0 Å². The Bertz CT molecular complexity index is 1280. The zero-order chi connectivity index (χ0) is 27.7. The molecule has 0 heterocycles. The topological polar surface area (TPSA) is 35.5 Å². The lowest BCUT2D eigenvalue weighted by Gasteiger charge is -2.07. The highest BCUT2D eigenvalue weighted by molar-refractivity contribution is 9.10. The molecule has 0 bridgehead atoms. The van der Waals surface area contributed by atoms with E-state index in [2.05, 4.69) is 66.2 Å². The molecular formula is C35H43BrO3. The number of unbranched alkanes of at least 4 members (excludes halogenated alkanes) is 8. The van der Waals surface area contributed by atoms with E-state index in [-0.39, 0.29) is 0 Å². The molecule has 39 heavy (non-hydrogen) atoms. The molecule has 0 amide bonds. The minimum atomic E-state index is 0.710. The van der Waals surface area contributed by atoms with Crippen molar-refractivity contribution >= 4 is 43.8 Å². The van der Waals surface area contributed by atoms with E-state index in [0.29, 0.717) is 5.56 Å². The summed E-state index contributed by atoms with van der Waals surface area (Å²) < 4.78 is 12.7. The van der Waals surface area contributed by atoms with Crippen molar-refractivity contribution in [2.24, 2.45) is 0 Å². The number of carbonyl (C=O) groups is 1. The molecule has 0 saturated heterocycles. The van der Waals surface area contributed by atoms with E-state index in [9.17, 15) is 4.79 Å². The van der Waals surface area contributed by atoms with Crippen molar-refractivity contribution in [1.82, 2.24) is 0 Å². The van der Waals surface area contributed by atoms with Gasteiger partial charge in [0.1, 0.15) is 17.8 Å². The summed E-state index contributed by atoms with van der Waals surface area (Å²) in [5.41, 5.74) is 0.710. The molecule has 4 aromatic rings. The molecular weight excluding hydrogens is 548 g/mol. The molecule has 0 fully saturated rings. The van der Waals surface area contributed by atoms with Crippen LogP contribution in [0.15, 0.2) is 77.3 Å². The molecule has 0 N–H and O–H groups in total. The van der Waals surface area contributed by atoms with Gasteiger partial charge in [0.25, 0.3) is 0 Å². The fraction of sp³-hybridized carbons (Fsp3) is 0.400. The van der Waals surface area contributed by atoms with Gasteiger partial charge in [-0.2, -0.15) is 0 Å². The maximum absolute atomic E-state index is 10.7. The lowest BCUT2D eigenvalue weighted by Crippen LogP contribution is -1.97. The number of aldehydes is 1. The number of carbonyl (C=O) groups excluding carboxylic acids is 1. The molecule has 3 nitrogen and oxygen atoms in total. The Morgan fingerprint density at radius 2 is 1.03 bits per heavy atom. The second-order valence-electron chi connectivity index (χ2n) is 10.1. The minimum absolute atomic E-state index is 0.710. The summed E-state index contributed by atoms with van der Waals surface area (Å²) >= 11 is 3.49. The lowest BCUT2D eigenvalue weighted by atomic mass is 10.1. The Kier molecular flexibility index (Phi) is 13.9. The van der Waals surface area contributed by atoms with Gasteiger partial charge in [-0.1, -0.05) is 111 Å². The van der Waals surface area contributed by atoms with Gasteiger partial charge in [-0.15, -0.1) is 0 Å². The van der Waals surface area contributed by atoms with Crippen LogP contribution in [-0.2, 0) is 0 Å². The summed E-state index contributed by atoms with van der Waals surface area (Å²) in [5.74, 6) is 1.89.